The van der Waals surface area contributed by atoms with Gasteiger partial charge in [-0.25, -0.2) is 9.97 Å². The molecule has 3 aromatic rings. The number of unbranched alkanes of at least 4 members (excludes halogenated alkanes) is 2. The molecule has 0 unspecified atom stereocenters. The van der Waals surface area contributed by atoms with Crippen molar-refractivity contribution in [3.8, 4) is 11.3 Å². The SMILES string of the molecule is CCC(=O)CCCCC[C@H](N)c1ncc(-c2ccc3nc(C(F)(F)F)ccc3c2)o1. The van der Waals surface area contributed by atoms with E-state index in [-0.39, 0.29) is 17.3 Å². The maximum atomic E-state index is 12.8. The lowest BCUT2D eigenvalue weighted by atomic mass is 10.1. The summed E-state index contributed by atoms with van der Waals surface area (Å²) in [5.41, 5.74) is 6.19. The first-order chi connectivity index (χ1) is 14.3. The lowest BCUT2D eigenvalue weighted by Gasteiger charge is -2.08. The third kappa shape index (κ3) is 5.44. The van der Waals surface area contributed by atoms with E-state index in [0.717, 1.165) is 25.3 Å². The van der Waals surface area contributed by atoms with Gasteiger partial charge < -0.3 is 10.2 Å². The number of oxazole rings is 1. The van der Waals surface area contributed by atoms with E-state index in [0.29, 0.717) is 41.9 Å². The van der Waals surface area contributed by atoms with E-state index in [4.69, 9.17) is 10.2 Å². The molecule has 160 valence electrons. The van der Waals surface area contributed by atoms with Crippen molar-refractivity contribution in [2.45, 2.75) is 57.7 Å². The van der Waals surface area contributed by atoms with Crippen LogP contribution < -0.4 is 5.73 Å². The first-order valence-corrected chi connectivity index (χ1v) is 9.99. The van der Waals surface area contributed by atoms with Crippen molar-refractivity contribution in [1.29, 1.82) is 0 Å². The van der Waals surface area contributed by atoms with E-state index in [1.54, 1.807) is 18.3 Å². The van der Waals surface area contributed by atoms with Crippen molar-refractivity contribution >= 4 is 16.7 Å². The van der Waals surface area contributed by atoms with Crippen LogP contribution in [0.1, 0.15) is 63.1 Å². The molecule has 0 bridgehead atoms. The molecule has 8 heteroatoms. The minimum Gasteiger partial charge on any atom is -0.439 e. The van der Waals surface area contributed by atoms with Gasteiger partial charge in [-0.1, -0.05) is 25.8 Å². The molecule has 1 aromatic carbocycles. The number of hydrogen-bond acceptors (Lipinski definition) is 5. The van der Waals surface area contributed by atoms with Crippen LogP contribution in [-0.2, 0) is 11.0 Å². The molecule has 0 radical (unpaired) electrons. The molecule has 2 aromatic heterocycles. The second-order valence-corrected chi connectivity index (χ2v) is 7.26. The molecule has 2 heterocycles. The largest absolute Gasteiger partial charge is 0.439 e. The number of carbonyl (C=O) groups is 1. The second-order valence-electron chi connectivity index (χ2n) is 7.26. The Labute approximate surface area is 172 Å². The van der Waals surface area contributed by atoms with Gasteiger partial charge >= 0.3 is 6.18 Å². The Hall–Kier alpha value is -2.74. The van der Waals surface area contributed by atoms with Gasteiger partial charge in [0.15, 0.2) is 5.76 Å². The highest BCUT2D eigenvalue weighted by atomic mass is 19.4. The summed E-state index contributed by atoms with van der Waals surface area (Å²) in [4.78, 5) is 19.2. The average Bonchev–Trinajstić information content (AvgIpc) is 3.22. The monoisotopic (exact) mass is 419 g/mol. The molecule has 0 aliphatic heterocycles. The maximum Gasteiger partial charge on any atom is 0.433 e. The maximum absolute atomic E-state index is 12.8. The standard InChI is InChI=1S/C22H24F3N3O2/c1-2-16(29)6-4-3-5-7-17(26)21-27-13-19(30-21)15-8-10-18-14(12-15)9-11-20(28-18)22(23,24)25/h8-13,17H,2-7,26H2,1H3/t17-/m0/s1. The molecule has 0 aliphatic carbocycles. The summed E-state index contributed by atoms with van der Waals surface area (Å²) >= 11 is 0. The van der Waals surface area contributed by atoms with Crippen LogP contribution in [0.4, 0.5) is 13.2 Å². The minimum atomic E-state index is -4.48. The van der Waals surface area contributed by atoms with Crippen molar-refractivity contribution in [3.63, 3.8) is 0 Å². The molecule has 5 nitrogen and oxygen atoms in total. The molecule has 2 N–H and O–H groups in total. The molecule has 0 spiro atoms. The number of Topliss-reactive ketones (excluding diaryl/α,β-unsaturated/α-hetero) is 1. The second kappa shape index (κ2) is 9.38. The molecule has 0 saturated carbocycles. The Balaban J connectivity index is 1.63. The van der Waals surface area contributed by atoms with Crippen LogP contribution in [0.25, 0.3) is 22.2 Å². The molecule has 0 fully saturated rings. The number of pyridine rings is 1. The Morgan fingerprint density at radius 3 is 2.70 bits per heavy atom. The topological polar surface area (TPSA) is 82.0 Å². The van der Waals surface area contributed by atoms with Crippen LogP contribution in [-0.4, -0.2) is 15.8 Å². The first kappa shape index (κ1) is 22.0. The fourth-order valence-corrected chi connectivity index (χ4v) is 3.19. The zero-order valence-electron chi connectivity index (χ0n) is 16.7. The number of carbonyl (C=O) groups excluding carboxylic acids is 1. The quantitative estimate of drug-likeness (QED) is 0.441. The summed E-state index contributed by atoms with van der Waals surface area (Å²) in [6.07, 6.45) is 1.62. The molecule has 3 rings (SSSR count). The number of ketones is 1. The fraction of sp³-hybridized carbons (Fsp3) is 0.409. The van der Waals surface area contributed by atoms with Gasteiger partial charge in [0.1, 0.15) is 11.5 Å². The summed E-state index contributed by atoms with van der Waals surface area (Å²) in [6, 6.07) is 6.89. The smallest absolute Gasteiger partial charge is 0.433 e. The summed E-state index contributed by atoms with van der Waals surface area (Å²) < 4.78 is 44.2. The van der Waals surface area contributed by atoms with Gasteiger partial charge in [0.25, 0.3) is 0 Å². The highest BCUT2D eigenvalue weighted by Gasteiger charge is 2.32. The molecular weight excluding hydrogens is 395 g/mol. The lowest BCUT2D eigenvalue weighted by Crippen LogP contribution is -2.10. The highest BCUT2D eigenvalue weighted by molar-refractivity contribution is 5.83. The van der Waals surface area contributed by atoms with E-state index in [1.807, 2.05) is 6.92 Å². The number of rotatable bonds is 9. The molecule has 30 heavy (non-hydrogen) atoms. The van der Waals surface area contributed by atoms with Crippen LogP contribution in [0.3, 0.4) is 0 Å². The predicted molar refractivity (Wildman–Crippen MR) is 108 cm³/mol. The van der Waals surface area contributed by atoms with Crippen molar-refractivity contribution < 1.29 is 22.4 Å². The van der Waals surface area contributed by atoms with E-state index < -0.39 is 11.9 Å². The van der Waals surface area contributed by atoms with Gasteiger partial charge in [-0.15, -0.1) is 0 Å². The lowest BCUT2D eigenvalue weighted by molar-refractivity contribution is -0.141. The fourth-order valence-electron chi connectivity index (χ4n) is 3.19. The van der Waals surface area contributed by atoms with Gasteiger partial charge in [-0.2, -0.15) is 13.2 Å². The zero-order chi connectivity index (χ0) is 21.7. The molecule has 0 amide bonds. The Bertz CT molecular complexity index is 1010. The van der Waals surface area contributed by atoms with Gasteiger partial charge in [0.2, 0.25) is 5.89 Å². The van der Waals surface area contributed by atoms with E-state index in [2.05, 4.69) is 9.97 Å². The summed E-state index contributed by atoms with van der Waals surface area (Å²) in [7, 11) is 0. The van der Waals surface area contributed by atoms with Gasteiger partial charge in [0, 0.05) is 23.8 Å². The number of benzene rings is 1. The van der Waals surface area contributed by atoms with Crippen molar-refractivity contribution in [2.75, 3.05) is 0 Å². The number of nitrogens with zero attached hydrogens (tertiary/aromatic N) is 2. The summed E-state index contributed by atoms with van der Waals surface area (Å²) in [5.74, 6) is 1.19. The number of nitrogens with two attached hydrogens (primary N) is 1. The third-order valence-electron chi connectivity index (χ3n) is 4.97. The van der Waals surface area contributed by atoms with Gasteiger partial charge in [-0.3, -0.25) is 4.79 Å². The van der Waals surface area contributed by atoms with Crippen molar-refractivity contribution in [2.24, 2.45) is 5.73 Å². The Morgan fingerprint density at radius 1 is 1.17 bits per heavy atom. The molecular formula is C22H24F3N3O2. The molecule has 0 aliphatic rings. The predicted octanol–water partition coefficient (Wildman–Crippen LogP) is 5.84. The van der Waals surface area contributed by atoms with Crippen LogP contribution in [0.2, 0.25) is 0 Å². The Kier molecular flexibility index (Phi) is 6.87. The van der Waals surface area contributed by atoms with E-state index in [1.165, 1.54) is 12.1 Å². The number of hydrogen-bond donors (Lipinski definition) is 1. The first-order valence-electron chi connectivity index (χ1n) is 9.99. The number of aromatic nitrogens is 2. The van der Waals surface area contributed by atoms with Crippen LogP contribution in [0.5, 0.6) is 0 Å². The van der Waals surface area contributed by atoms with Crippen molar-refractivity contribution in [3.05, 3.63) is 48.1 Å². The number of halogens is 3. The van der Waals surface area contributed by atoms with Crippen LogP contribution >= 0.6 is 0 Å². The minimum absolute atomic E-state index is 0.256. The average molecular weight is 419 g/mol. The Morgan fingerprint density at radius 2 is 1.97 bits per heavy atom. The van der Waals surface area contributed by atoms with E-state index in [9.17, 15) is 18.0 Å². The molecule has 1 atom stereocenters. The van der Waals surface area contributed by atoms with Gasteiger partial charge in [0.05, 0.1) is 17.8 Å². The van der Waals surface area contributed by atoms with Crippen molar-refractivity contribution in [1.82, 2.24) is 9.97 Å². The normalized spacial score (nSPS) is 13.0. The van der Waals surface area contributed by atoms with Crippen LogP contribution in [0.15, 0.2) is 40.9 Å². The number of fused-ring (bicyclic) bond motifs is 1. The highest BCUT2D eigenvalue weighted by Crippen LogP contribution is 2.31. The summed E-state index contributed by atoms with van der Waals surface area (Å²) in [6.45, 7) is 1.87. The van der Waals surface area contributed by atoms with E-state index >= 15 is 0 Å². The zero-order valence-corrected chi connectivity index (χ0v) is 16.7. The number of alkyl halides is 3. The van der Waals surface area contributed by atoms with Crippen LogP contribution in [0, 0.1) is 0 Å². The third-order valence-corrected chi connectivity index (χ3v) is 4.97. The van der Waals surface area contributed by atoms with Gasteiger partial charge in [-0.05, 0) is 37.1 Å². The summed E-state index contributed by atoms with van der Waals surface area (Å²) in [5, 5.41) is 0.573. The molecule has 0 saturated heterocycles.